The molecule has 0 fully saturated rings. The monoisotopic (exact) mass is 523 g/mol. The molecule has 198 valence electrons. The zero-order valence-electron chi connectivity index (χ0n) is 22.5. The van der Waals surface area contributed by atoms with E-state index in [1.54, 1.807) is 41.4 Å². The van der Waals surface area contributed by atoms with Crippen molar-refractivity contribution in [2.24, 2.45) is 0 Å². The smallest absolute Gasteiger partial charge is 0.243 e. The van der Waals surface area contributed by atoms with Crippen molar-refractivity contribution in [3.8, 4) is 0 Å². The van der Waals surface area contributed by atoms with Crippen molar-refractivity contribution in [1.82, 2.24) is 29.7 Å². The van der Waals surface area contributed by atoms with Crippen LogP contribution in [0.1, 0.15) is 36.8 Å². The van der Waals surface area contributed by atoms with Crippen LogP contribution in [-0.4, -0.2) is 69.5 Å². The van der Waals surface area contributed by atoms with Gasteiger partial charge in [0, 0.05) is 41.4 Å². The SMILES string of the molecule is [B]c1cccc(CNC(=O)CN(C(=O)Cn2cc(C(C)=O)c3cc(N(C)c4cncnc4)ccc32)C(C)C)n1. The molecule has 0 aliphatic carbocycles. The van der Waals surface area contributed by atoms with Crippen LogP contribution in [0.2, 0.25) is 0 Å². The minimum atomic E-state index is -0.305. The Morgan fingerprint density at radius 1 is 1.08 bits per heavy atom. The fraction of sp³-hybridized carbons (Fsp3) is 0.286. The van der Waals surface area contributed by atoms with Gasteiger partial charge in [-0.15, -0.1) is 0 Å². The normalized spacial score (nSPS) is 11.0. The highest BCUT2D eigenvalue weighted by molar-refractivity contribution is 6.30. The summed E-state index contributed by atoms with van der Waals surface area (Å²) in [4.78, 5) is 54.3. The predicted molar refractivity (Wildman–Crippen MR) is 150 cm³/mol. The lowest BCUT2D eigenvalue weighted by molar-refractivity contribution is -0.138. The zero-order chi connectivity index (χ0) is 28.1. The second kappa shape index (κ2) is 11.9. The number of ketones is 1. The fourth-order valence-corrected chi connectivity index (χ4v) is 4.31. The van der Waals surface area contributed by atoms with Crippen molar-refractivity contribution in [1.29, 1.82) is 0 Å². The third-order valence-electron chi connectivity index (χ3n) is 6.42. The van der Waals surface area contributed by atoms with Gasteiger partial charge >= 0.3 is 0 Å². The summed E-state index contributed by atoms with van der Waals surface area (Å²) in [5.41, 5.74) is 3.91. The largest absolute Gasteiger partial charge is 0.349 e. The number of aromatic nitrogens is 4. The lowest BCUT2D eigenvalue weighted by atomic mass is 10.0. The number of nitrogens with one attached hydrogen (secondary N) is 1. The second-order valence-corrected chi connectivity index (χ2v) is 9.53. The van der Waals surface area contributed by atoms with E-state index in [1.807, 2.05) is 44.0 Å². The number of rotatable bonds is 10. The molecule has 1 aromatic carbocycles. The number of hydrogen-bond donors (Lipinski definition) is 1. The number of anilines is 2. The average Bonchev–Trinajstić information content (AvgIpc) is 3.28. The van der Waals surface area contributed by atoms with E-state index in [0.717, 1.165) is 22.3 Å². The minimum absolute atomic E-state index is 0.0201. The van der Waals surface area contributed by atoms with Crippen LogP contribution in [0.3, 0.4) is 0 Å². The van der Waals surface area contributed by atoms with E-state index in [1.165, 1.54) is 18.2 Å². The number of nitrogens with zero attached hydrogens (tertiary/aromatic N) is 6. The number of carbonyl (C=O) groups excluding carboxylic acids is 3. The predicted octanol–water partition coefficient (Wildman–Crippen LogP) is 2.14. The van der Waals surface area contributed by atoms with Crippen molar-refractivity contribution in [3.63, 3.8) is 0 Å². The van der Waals surface area contributed by atoms with Gasteiger partial charge in [-0.25, -0.2) is 9.97 Å². The highest BCUT2D eigenvalue weighted by Crippen LogP contribution is 2.30. The molecule has 1 N–H and O–H groups in total. The number of Topliss-reactive ketones (excluding diaryl/α,β-unsaturated/α-hetero) is 1. The van der Waals surface area contributed by atoms with Crippen molar-refractivity contribution in [3.05, 3.63) is 72.6 Å². The summed E-state index contributed by atoms with van der Waals surface area (Å²) in [7, 11) is 7.59. The molecule has 3 aromatic heterocycles. The molecule has 0 spiro atoms. The maximum atomic E-state index is 13.4. The summed E-state index contributed by atoms with van der Waals surface area (Å²) < 4.78 is 1.76. The summed E-state index contributed by atoms with van der Waals surface area (Å²) in [6.45, 7) is 5.30. The minimum Gasteiger partial charge on any atom is -0.349 e. The number of carbonyl (C=O) groups is 3. The first-order valence-corrected chi connectivity index (χ1v) is 12.5. The molecule has 0 aliphatic heterocycles. The number of fused-ring (bicyclic) bond motifs is 1. The number of amides is 2. The van der Waals surface area contributed by atoms with Crippen LogP contribution in [0.4, 0.5) is 11.4 Å². The van der Waals surface area contributed by atoms with Gasteiger partial charge in [-0.1, -0.05) is 12.1 Å². The highest BCUT2D eigenvalue weighted by atomic mass is 16.2. The van der Waals surface area contributed by atoms with Crippen LogP contribution < -0.4 is 15.8 Å². The molecule has 0 atom stereocenters. The third kappa shape index (κ3) is 6.49. The van der Waals surface area contributed by atoms with E-state index in [-0.39, 0.29) is 43.3 Å². The van der Waals surface area contributed by atoms with Crippen LogP contribution in [-0.2, 0) is 22.7 Å². The summed E-state index contributed by atoms with van der Waals surface area (Å²) in [6.07, 6.45) is 6.57. The molecule has 39 heavy (non-hydrogen) atoms. The van der Waals surface area contributed by atoms with E-state index in [0.29, 0.717) is 16.9 Å². The molecule has 0 saturated heterocycles. The Kier molecular flexibility index (Phi) is 8.38. The average molecular weight is 523 g/mol. The zero-order valence-corrected chi connectivity index (χ0v) is 22.5. The molecule has 2 radical (unpaired) electrons. The molecule has 4 rings (SSSR count). The van der Waals surface area contributed by atoms with Gasteiger partial charge < -0.3 is 19.7 Å². The maximum absolute atomic E-state index is 13.4. The molecule has 10 nitrogen and oxygen atoms in total. The van der Waals surface area contributed by atoms with Gasteiger partial charge in [-0.3, -0.25) is 19.4 Å². The first kappa shape index (κ1) is 27.5. The Balaban J connectivity index is 1.52. The van der Waals surface area contributed by atoms with E-state index in [4.69, 9.17) is 7.85 Å². The highest BCUT2D eigenvalue weighted by Gasteiger charge is 2.22. The van der Waals surface area contributed by atoms with Gasteiger partial charge in [-0.05, 0) is 50.6 Å². The van der Waals surface area contributed by atoms with Gasteiger partial charge in [0.2, 0.25) is 11.8 Å². The van der Waals surface area contributed by atoms with Crippen molar-refractivity contribution in [2.45, 2.75) is 39.9 Å². The molecular weight excluding hydrogens is 493 g/mol. The molecular formula is C28H30BN7O3. The lowest BCUT2D eigenvalue weighted by Gasteiger charge is -2.26. The fourth-order valence-electron chi connectivity index (χ4n) is 4.31. The van der Waals surface area contributed by atoms with Gasteiger partial charge in [0.25, 0.3) is 0 Å². The summed E-state index contributed by atoms with van der Waals surface area (Å²) >= 11 is 0. The van der Waals surface area contributed by atoms with Gasteiger partial charge in [-0.2, -0.15) is 0 Å². The number of hydrogen-bond acceptors (Lipinski definition) is 7. The summed E-state index contributed by atoms with van der Waals surface area (Å²) in [5.74, 6) is -0.651. The molecule has 0 saturated carbocycles. The van der Waals surface area contributed by atoms with Crippen molar-refractivity contribution >= 4 is 53.3 Å². The van der Waals surface area contributed by atoms with Crippen LogP contribution in [0.5, 0.6) is 0 Å². The topological polar surface area (TPSA) is 113 Å². The van der Waals surface area contributed by atoms with Gasteiger partial charge in [0.1, 0.15) is 20.7 Å². The standard InChI is InChI=1S/C28H30BN7O3/c1-18(2)36(15-27(38)32-11-20-6-5-7-26(29)33-20)28(39)16-35-14-24(19(3)37)23-10-21(8-9-25(23)35)34(4)22-12-30-17-31-13-22/h5-10,12-14,17-18H,11,15-16H2,1-4H3,(H,32,38). The Morgan fingerprint density at radius 2 is 1.82 bits per heavy atom. The van der Waals surface area contributed by atoms with Crippen LogP contribution in [0.15, 0.2) is 61.3 Å². The summed E-state index contributed by atoms with van der Waals surface area (Å²) in [5, 5.41) is 3.53. The van der Waals surface area contributed by atoms with E-state index in [2.05, 4.69) is 20.3 Å². The van der Waals surface area contributed by atoms with Crippen molar-refractivity contribution < 1.29 is 14.4 Å². The lowest BCUT2D eigenvalue weighted by Crippen LogP contribution is -2.45. The molecule has 3 heterocycles. The quantitative estimate of drug-likeness (QED) is 0.250. The molecule has 2 amide bonds. The van der Waals surface area contributed by atoms with Crippen LogP contribution >= 0.6 is 0 Å². The Hall–Kier alpha value is -4.54. The molecule has 0 aliphatic rings. The Morgan fingerprint density at radius 3 is 2.49 bits per heavy atom. The first-order chi connectivity index (χ1) is 18.6. The van der Waals surface area contributed by atoms with Crippen LogP contribution in [0, 0.1) is 0 Å². The third-order valence-corrected chi connectivity index (χ3v) is 6.42. The van der Waals surface area contributed by atoms with Gasteiger partial charge in [0.15, 0.2) is 5.78 Å². The molecule has 11 heteroatoms. The number of pyridine rings is 1. The second-order valence-electron chi connectivity index (χ2n) is 9.53. The maximum Gasteiger partial charge on any atom is 0.243 e. The molecule has 4 aromatic rings. The molecule has 0 bridgehead atoms. The van der Waals surface area contributed by atoms with Crippen LogP contribution in [0.25, 0.3) is 10.9 Å². The number of benzene rings is 1. The van der Waals surface area contributed by atoms with E-state index in [9.17, 15) is 14.4 Å². The Labute approximate surface area is 228 Å². The van der Waals surface area contributed by atoms with Gasteiger partial charge in [0.05, 0.1) is 36.9 Å². The molecule has 0 unspecified atom stereocenters. The Bertz CT molecular complexity index is 1500. The van der Waals surface area contributed by atoms with Crippen molar-refractivity contribution in [2.75, 3.05) is 18.5 Å². The summed E-state index contributed by atoms with van der Waals surface area (Å²) in [6, 6.07) is 10.7. The first-order valence-electron chi connectivity index (χ1n) is 12.5. The van der Waals surface area contributed by atoms with E-state index >= 15 is 0 Å². The van der Waals surface area contributed by atoms with E-state index < -0.39 is 0 Å².